The number of aliphatic hydroxyl groups is 1. The van der Waals surface area contributed by atoms with Gasteiger partial charge in [0.2, 0.25) is 0 Å². The van der Waals surface area contributed by atoms with Crippen molar-refractivity contribution in [3.05, 3.63) is 40.8 Å². The number of nitrogens with zero attached hydrogens (tertiary/aromatic N) is 2. The van der Waals surface area contributed by atoms with E-state index in [-0.39, 0.29) is 6.61 Å². The number of aromatic nitrogens is 1. The Morgan fingerprint density at radius 2 is 2.32 bits per heavy atom. The van der Waals surface area contributed by atoms with E-state index in [4.69, 9.17) is 21.4 Å². The van der Waals surface area contributed by atoms with Crippen molar-refractivity contribution in [3.8, 4) is 0 Å². The van der Waals surface area contributed by atoms with Crippen LogP contribution in [0.5, 0.6) is 0 Å². The third-order valence-corrected chi connectivity index (χ3v) is 3.49. The Morgan fingerprint density at radius 1 is 1.53 bits per heavy atom. The van der Waals surface area contributed by atoms with E-state index in [0.717, 1.165) is 5.56 Å². The molecule has 7 heteroatoms. The Kier molecular flexibility index (Phi) is 4.79. The molecule has 0 saturated heterocycles. The van der Waals surface area contributed by atoms with Gasteiger partial charge in [-0.2, -0.15) is 0 Å². The average Bonchev–Trinajstić information content (AvgIpc) is 2.71. The molecule has 0 saturated carbocycles. The Balaban J connectivity index is 2.14. The number of rotatable bonds is 5. The first kappa shape index (κ1) is 14.3. The van der Waals surface area contributed by atoms with Crippen LogP contribution in [0, 0.1) is 0 Å². The molecule has 1 aliphatic rings. The Hall–Kier alpha value is -1.11. The fourth-order valence-electron chi connectivity index (χ4n) is 1.76. The second-order valence-corrected chi connectivity index (χ2v) is 5.18. The maximum Gasteiger partial charge on any atom is 0.334 e. The predicted molar refractivity (Wildman–Crippen MR) is 73.6 cm³/mol. The molecule has 1 atom stereocenters. The summed E-state index contributed by atoms with van der Waals surface area (Å²) in [6, 6.07) is 3.55. The fraction of sp³-hybridized carbons (Fsp3) is 0.333. The molecule has 0 fully saturated rings. The summed E-state index contributed by atoms with van der Waals surface area (Å²) >= 11 is 9.00. The Morgan fingerprint density at radius 3 is 2.84 bits per heavy atom. The van der Waals surface area contributed by atoms with Crippen LogP contribution in [0.15, 0.2) is 30.1 Å². The van der Waals surface area contributed by atoms with Gasteiger partial charge in [-0.05, 0) is 27.6 Å². The van der Waals surface area contributed by atoms with Crippen molar-refractivity contribution >= 4 is 33.5 Å². The minimum Gasteiger partial charge on any atom is -0.441 e. The molecule has 1 unspecified atom stereocenters. The lowest BCUT2D eigenvalue weighted by atomic mass is 10.2. The molecule has 0 radical (unpaired) electrons. The smallest absolute Gasteiger partial charge is 0.334 e. The van der Waals surface area contributed by atoms with Crippen molar-refractivity contribution in [1.82, 2.24) is 9.88 Å². The molecule has 0 amide bonds. The highest BCUT2D eigenvalue weighted by Crippen LogP contribution is 2.25. The largest absolute Gasteiger partial charge is 0.441 e. The number of esters is 1. The van der Waals surface area contributed by atoms with Gasteiger partial charge < -0.3 is 14.7 Å². The van der Waals surface area contributed by atoms with Crippen LogP contribution in [0.4, 0.5) is 0 Å². The molecule has 5 nitrogen and oxygen atoms in total. The van der Waals surface area contributed by atoms with Crippen LogP contribution in [-0.2, 0) is 16.1 Å². The zero-order valence-electron chi connectivity index (χ0n) is 9.92. The lowest BCUT2D eigenvalue weighted by molar-refractivity contribution is -0.135. The van der Waals surface area contributed by atoms with Crippen LogP contribution >= 0.6 is 27.5 Å². The second-order valence-electron chi connectivity index (χ2n) is 3.96. The number of cyclic esters (lactones) is 1. The maximum absolute atomic E-state index is 11.2. The first-order valence-electron chi connectivity index (χ1n) is 5.62. The number of hydrogen-bond donors (Lipinski definition) is 1. The summed E-state index contributed by atoms with van der Waals surface area (Å²) in [5.41, 5.74) is 1.62. The van der Waals surface area contributed by atoms with Gasteiger partial charge in [-0.25, -0.2) is 9.78 Å². The van der Waals surface area contributed by atoms with E-state index in [2.05, 4.69) is 20.9 Å². The number of alkyl halides is 1. The molecule has 1 aromatic rings. The van der Waals surface area contributed by atoms with Crippen molar-refractivity contribution < 1.29 is 14.6 Å². The molecule has 1 N–H and O–H groups in total. The third-order valence-electron chi connectivity index (χ3n) is 2.62. The zero-order valence-corrected chi connectivity index (χ0v) is 12.3. The quantitative estimate of drug-likeness (QED) is 0.499. The molecule has 102 valence electrons. The van der Waals surface area contributed by atoms with Gasteiger partial charge in [0.25, 0.3) is 0 Å². The zero-order chi connectivity index (χ0) is 13.8. The van der Waals surface area contributed by atoms with Crippen molar-refractivity contribution in [2.75, 3.05) is 13.2 Å². The monoisotopic (exact) mass is 346 g/mol. The standard InChI is InChI=1S/C12H12BrClN2O3/c13-12-9(5-11(18)19-12)16(3-4-17)7-8-1-2-10(14)15-6-8/h1-2,5-6,12,17H,3-4,7H2. The Labute approximate surface area is 124 Å². The number of aliphatic hydroxyl groups excluding tert-OH is 1. The van der Waals surface area contributed by atoms with Crippen LogP contribution in [0.3, 0.4) is 0 Å². The number of halogens is 2. The van der Waals surface area contributed by atoms with Gasteiger partial charge in [-0.1, -0.05) is 17.7 Å². The molecule has 0 aliphatic carbocycles. The van der Waals surface area contributed by atoms with Crippen LogP contribution < -0.4 is 0 Å². The number of pyridine rings is 1. The van der Waals surface area contributed by atoms with Crippen molar-refractivity contribution in [3.63, 3.8) is 0 Å². The molecule has 2 heterocycles. The molecule has 2 rings (SSSR count). The van der Waals surface area contributed by atoms with Crippen LogP contribution in [0.1, 0.15) is 5.56 Å². The molecular formula is C12H12BrClN2O3. The van der Waals surface area contributed by atoms with Gasteiger partial charge in [0, 0.05) is 25.4 Å². The lowest BCUT2D eigenvalue weighted by Gasteiger charge is -2.26. The van der Waals surface area contributed by atoms with Gasteiger partial charge in [0.05, 0.1) is 12.3 Å². The van der Waals surface area contributed by atoms with E-state index < -0.39 is 11.0 Å². The predicted octanol–water partition coefficient (Wildman–Crippen LogP) is 1.69. The first-order valence-corrected chi connectivity index (χ1v) is 6.92. The minimum atomic E-state index is -0.480. The third kappa shape index (κ3) is 3.68. The topological polar surface area (TPSA) is 62.7 Å². The summed E-state index contributed by atoms with van der Waals surface area (Å²) < 4.78 is 4.98. The van der Waals surface area contributed by atoms with Gasteiger partial charge in [0.1, 0.15) is 5.15 Å². The van der Waals surface area contributed by atoms with Crippen LogP contribution in [0.2, 0.25) is 5.15 Å². The number of carbonyl (C=O) groups excluding carboxylic acids is 1. The van der Waals surface area contributed by atoms with E-state index in [1.165, 1.54) is 6.08 Å². The number of hydrogen-bond acceptors (Lipinski definition) is 5. The van der Waals surface area contributed by atoms with E-state index in [1.807, 2.05) is 11.0 Å². The van der Waals surface area contributed by atoms with Crippen molar-refractivity contribution in [2.45, 2.75) is 11.6 Å². The highest BCUT2D eigenvalue weighted by atomic mass is 79.9. The highest BCUT2D eigenvalue weighted by Gasteiger charge is 2.27. The van der Waals surface area contributed by atoms with Gasteiger partial charge >= 0.3 is 5.97 Å². The summed E-state index contributed by atoms with van der Waals surface area (Å²) in [4.78, 5) is 17.1. The minimum absolute atomic E-state index is 0.0216. The van der Waals surface area contributed by atoms with E-state index >= 15 is 0 Å². The summed E-state index contributed by atoms with van der Waals surface area (Å²) in [6.07, 6.45) is 3.08. The summed E-state index contributed by atoms with van der Waals surface area (Å²) in [6.45, 7) is 0.884. The maximum atomic E-state index is 11.2. The molecule has 0 aromatic carbocycles. The first-order chi connectivity index (χ1) is 9.10. The van der Waals surface area contributed by atoms with E-state index in [9.17, 15) is 4.79 Å². The average molecular weight is 348 g/mol. The highest BCUT2D eigenvalue weighted by molar-refractivity contribution is 9.09. The lowest BCUT2D eigenvalue weighted by Crippen LogP contribution is -2.29. The van der Waals surface area contributed by atoms with Crippen molar-refractivity contribution in [2.24, 2.45) is 0 Å². The molecular weight excluding hydrogens is 336 g/mol. The van der Waals surface area contributed by atoms with Gasteiger partial charge in [-0.15, -0.1) is 0 Å². The Bertz CT molecular complexity index is 492. The van der Waals surface area contributed by atoms with Crippen LogP contribution in [-0.4, -0.2) is 39.1 Å². The van der Waals surface area contributed by atoms with Gasteiger partial charge in [-0.3, -0.25) is 0 Å². The molecule has 1 aromatic heterocycles. The normalized spacial score (nSPS) is 18.2. The van der Waals surface area contributed by atoms with Gasteiger partial charge in [0.15, 0.2) is 5.01 Å². The second kappa shape index (κ2) is 6.36. The van der Waals surface area contributed by atoms with Crippen LogP contribution in [0.25, 0.3) is 0 Å². The molecule has 0 spiro atoms. The number of ether oxygens (including phenoxy) is 1. The summed E-state index contributed by atoms with van der Waals surface area (Å²) in [7, 11) is 0. The summed E-state index contributed by atoms with van der Waals surface area (Å²) in [5, 5.41) is 9.07. The summed E-state index contributed by atoms with van der Waals surface area (Å²) in [5.74, 6) is -0.394. The fourth-order valence-corrected chi connectivity index (χ4v) is 2.48. The number of carbonyl (C=O) groups is 1. The van der Waals surface area contributed by atoms with Crippen molar-refractivity contribution in [1.29, 1.82) is 0 Å². The SMILES string of the molecule is O=C1C=C(N(CCO)Cc2ccc(Cl)nc2)C(Br)O1. The molecule has 0 bridgehead atoms. The van der Waals surface area contributed by atoms with E-state index in [0.29, 0.717) is 23.9 Å². The van der Waals surface area contributed by atoms with E-state index in [1.54, 1.807) is 12.3 Å². The molecule has 1 aliphatic heterocycles. The molecule has 19 heavy (non-hydrogen) atoms.